The summed E-state index contributed by atoms with van der Waals surface area (Å²) in [6.45, 7) is 6.69. The molecule has 4 aliphatic rings. The summed E-state index contributed by atoms with van der Waals surface area (Å²) in [4.78, 5) is 19.4. The molecule has 4 aliphatic heterocycles. The summed E-state index contributed by atoms with van der Waals surface area (Å²) in [5, 5.41) is 16.1. The minimum absolute atomic E-state index is 0.0292. The van der Waals surface area contributed by atoms with E-state index in [1.165, 1.54) is 28.6 Å². The number of carbonyl (C=O) groups excluding carboxylic acids is 1. The van der Waals surface area contributed by atoms with E-state index in [1.807, 2.05) is 4.90 Å². The van der Waals surface area contributed by atoms with Crippen molar-refractivity contribution in [2.24, 2.45) is 5.92 Å². The molecular formula is C34H49F3N6O4S2. The summed E-state index contributed by atoms with van der Waals surface area (Å²) in [7, 11) is -3.52. The number of halogens is 3. The zero-order chi connectivity index (χ0) is 34.8. The Morgan fingerprint density at radius 3 is 2.35 bits per heavy atom. The quantitative estimate of drug-likeness (QED) is 0.345. The molecule has 5 heterocycles. The maximum Gasteiger partial charge on any atom is 0.417 e. The van der Waals surface area contributed by atoms with Crippen molar-refractivity contribution in [3.05, 3.63) is 35.0 Å². The number of aliphatic hydroxyl groups is 1. The average Bonchev–Trinajstić information content (AvgIpc) is 3.73. The molecule has 3 saturated heterocycles. The number of β-amino-alcohol motifs (C(OH)–C–C–N with tert-alkyl or cyclic N) is 1. The SMILES string of the molecule is CS(=O)(=O)N1CCc2c(c(-c3ccc(C(F)(F)F)c(SCCN4CCCCC4)c3)nn2CC(O)CN2CCC(C(=O)N3CCCC3)CC2)C1. The Balaban J connectivity index is 1.19. The summed E-state index contributed by atoms with van der Waals surface area (Å²) in [5.41, 5.74) is 1.71. The van der Waals surface area contributed by atoms with E-state index in [1.54, 1.807) is 10.7 Å². The van der Waals surface area contributed by atoms with Gasteiger partial charge in [0, 0.05) is 79.1 Å². The number of thioether (sulfide) groups is 1. The van der Waals surface area contributed by atoms with Gasteiger partial charge in [-0.1, -0.05) is 12.5 Å². The lowest BCUT2D eigenvalue weighted by Crippen LogP contribution is -2.44. The van der Waals surface area contributed by atoms with Gasteiger partial charge in [-0.25, -0.2) is 8.42 Å². The van der Waals surface area contributed by atoms with Gasteiger partial charge in [-0.3, -0.25) is 9.48 Å². The van der Waals surface area contributed by atoms with E-state index in [9.17, 15) is 31.5 Å². The zero-order valence-electron chi connectivity index (χ0n) is 28.3. The zero-order valence-corrected chi connectivity index (χ0v) is 30.0. The number of benzene rings is 1. The molecule has 1 atom stereocenters. The van der Waals surface area contributed by atoms with Crippen molar-refractivity contribution in [2.45, 2.75) is 81.6 Å². The van der Waals surface area contributed by atoms with Gasteiger partial charge in [0.2, 0.25) is 15.9 Å². The molecule has 10 nitrogen and oxygen atoms in total. The molecule has 272 valence electrons. The number of alkyl halides is 3. The number of amides is 1. The van der Waals surface area contributed by atoms with Crippen molar-refractivity contribution in [3.63, 3.8) is 0 Å². The van der Waals surface area contributed by atoms with E-state index < -0.39 is 27.9 Å². The number of sulfonamides is 1. The molecule has 3 fully saturated rings. The lowest BCUT2D eigenvalue weighted by Gasteiger charge is -2.34. The number of piperidine rings is 2. The minimum atomic E-state index is -4.52. The van der Waals surface area contributed by atoms with Gasteiger partial charge in [0.05, 0.1) is 30.2 Å². The molecule has 2 aromatic rings. The smallest absolute Gasteiger partial charge is 0.390 e. The van der Waals surface area contributed by atoms with Gasteiger partial charge in [0.1, 0.15) is 0 Å². The number of hydrogen-bond acceptors (Lipinski definition) is 8. The first-order valence-electron chi connectivity index (χ1n) is 17.7. The molecule has 0 aliphatic carbocycles. The fourth-order valence-electron chi connectivity index (χ4n) is 7.74. The predicted octanol–water partition coefficient (Wildman–Crippen LogP) is 4.16. The average molecular weight is 727 g/mol. The number of aliphatic hydroxyl groups excluding tert-OH is 1. The molecule has 49 heavy (non-hydrogen) atoms. The number of nitrogens with zero attached hydrogens (tertiary/aromatic N) is 6. The Hall–Kier alpha value is -2.17. The van der Waals surface area contributed by atoms with Crippen LogP contribution < -0.4 is 0 Å². The van der Waals surface area contributed by atoms with E-state index in [2.05, 4.69) is 9.80 Å². The van der Waals surface area contributed by atoms with Crippen molar-refractivity contribution in [2.75, 3.05) is 70.9 Å². The number of likely N-dealkylation sites (tertiary alicyclic amines) is 3. The van der Waals surface area contributed by atoms with E-state index in [0.29, 0.717) is 42.1 Å². The van der Waals surface area contributed by atoms with Crippen LogP contribution in [0.4, 0.5) is 13.2 Å². The standard InChI is InChI=1S/C34H49F3N6O4S2/c1-49(46,47)42-18-11-30-28(24-42)32(26-7-8-29(34(35,36)37)31(21-26)48-20-19-39-12-3-2-4-13-39)38-43(30)23-27(44)22-40-16-9-25(10-17-40)33(45)41-14-5-6-15-41/h7-8,21,25,27,44H,2-6,9-20,22-24H2,1H3. The summed E-state index contributed by atoms with van der Waals surface area (Å²) in [6, 6.07) is 4.07. The Kier molecular flexibility index (Phi) is 11.7. The fraction of sp³-hybridized carbons (Fsp3) is 0.706. The van der Waals surface area contributed by atoms with Crippen molar-refractivity contribution >= 4 is 27.7 Å². The second kappa shape index (κ2) is 15.6. The molecule has 0 saturated carbocycles. The molecular weight excluding hydrogens is 678 g/mol. The third kappa shape index (κ3) is 9.01. The molecule has 0 spiro atoms. The third-order valence-corrected chi connectivity index (χ3v) is 12.7. The van der Waals surface area contributed by atoms with Gasteiger partial charge in [-0.2, -0.15) is 22.6 Å². The molecule has 0 bridgehead atoms. The van der Waals surface area contributed by atoms with Gasteiger partial charge < -0.3 is 19.8 Å². The van der Waals surface area contributed by atoms with Gasteiger partial charge in [0.15, 0.2) is 0 Å². The van der Waals surface area contributed by atoms with Crippen LogP contribution in [0.2, 0.25) is 0 Å². The monoisotopic (exact) mass is 726 g/mol. The first kappa shape index (κ1) is 36.6. The Bertz CT molecular complexity index is 1570. The first-order valence-corrected chi connectivity index (χ1v) is 20.5. The maximum absolute atomic E-state index is 14.1. The molecule has 1 N–H and O–H groups in total. The lowest BCUT2D eigenvalue weighted by atomic mass is 9.95. The van der Waals surface area contributed by atoms with E-state index in [0.717, 1.165) is 95.8 Å². The minimum Gasteiger partial charge on any atom is -0.390 e. The number of hydrogen-bond donors (Lipinski definition) is 1. The van der Waals surface area contributed by atoms with Crippen LogP contribution in [0.5, 0.6) is 0 Å². The molecule has 15 heteroatoms. The fourth-order valence-corrected chi connectivity index (χ4v) is 9.64. The molecule has 1 unspecified atom stereocenters. The van der Waals surface area contributed by atoms with Crippen molar-refractivity contribution in [1.29, 1.82) is 0 Å². The number of rotatable bonds is 11. The second-order valence-electron chi connectivity index (χ2n) is 14.0. The van der Waals surface area contributed by atoms with Crippen molar-refractivity contribution in [3.8, 4) is 11.3 Å². The number of fused-ring (bicyclic) bond motifs is 1. The third-order valence-electron chi connectivity index (χ3n) is 10.4. The lowest BCUT2D eigenvalue weighted by molar-refractivity contribution is -0.139. The Morgan fingerprint density at radius 1 is 0.980 bits per heavy atom. The molecule has 1 aromatic carbocycles. The van der Waals surface area contributed by atoms with Crippen molar-refractivity contribution < 1.29 is 31.5 Å². The van der Waals surface area contributed by atoms with Gasteiger partial charge in [-0.15, -0.1) is 11.8 Å². The van der Waals surface area contributed by atoms with Crippen LogP contribution in [-0.2, 0) is 40.5 Å². The van der Waals surface area contributed by atoms with Gasteiger partial charge in [0.25, 0.3) is 0 Å². The Morgan fingerprint density at radius 2 is 1.67 bits per heavy atom. The topological polar surface area (TPSA) is 102 Å². The van der Waals surface area contributed by atoms with Gasteiger partial charge >= 0.3 is 6.18 Å². The van der Waals surface area contributed by atoms with E-state index in [4.69, 9.17) is 5.10 Å². The van der Waals surface area contributed by atoms with Crippen LogP contribution in [0, 0.1) is 5.92 Å². The summed E-state index contributed by atoms with van der Waals surface area (Å²) in [6.07, 6.45) is 3.31. The Labute approximate surface area is 292 Å². The van der Waals surface area contributed by atoms with Crippen LogP contribution >= 0.6 is 11.8 Å². The molecule has 6 rings (SSSR count). The highest BCUT2D eigenvalue weighted by Crippen LogP contribution is 2.40. The van der Waals surface area contributed by atoms with Crippen LogP contribution in [-0.4, -0.2) is 125 Å². The highest BCUT2D eigenvalue weighted by molar-refractivity contribution is 7.99. The first-order chi connectivity index (χ1) is 23.4. The maximum atomic E-state index is 14.1. The molecule has 1 amide bonds. The predicted molar refractivity (Wildman–Crippen MR) is 184 cm³/mol. The number of carbonyl (C=O) groups is 1. The highest BCUT2D eigenvalue weighted by Gasteiger charge is 2.36. The van der Waals surface area contributed by atoms with Crippen LogP contribution in [0.15, 0.2) is 23.1 Å². The second-order valence-corrected chi connectivity index (χ2v) is 17.1. The van der Waals surface area contributed by atoms with Crippen LogP contribution in [0.1, 0.15) is 61.8 Å². The summed E-state index contributed by atoms with van der Waals surface area (Å²) < 4.78 is 70.6. The number of aromatic nitrogens is 2. The van der Waals surface area contributed by atoms with E-state index in [-0.39, 0.29) is 36.4 Å². The summed E-state index contributed by atoms with van der Waals surface area (Å²) in [5.74, 6) is 0.807. The van der Waals surface area contributed by atoms with Crippen LogP contribution in [0.25, 0.3) is 11.3 Å². The van der Waals surface area contributed by atoms with Gasteiger partial charge in [-0.05, 0) is 76.8 Å². The molecule has 1 aromatic heterocycles. The molecule has 0 radical (unpaired) electrons. The van der Waals surface area contributed by atoms with Crippen molar-refractivity contribution in [1.82, 2.24) is 28.8 Å². The summed E-state index contributed by atoms with van der Waals surface area (Å²) >= 11 is 1.19. The normalized spacial score (nSPS) is 21.3. The largest absolute Gasteiger partial charge is 0.417 e. The van der Waals surface area contributed by atoms with E-state index >= 15 is 0 Å². The highest BCUT2D eigenvalue weighted by atomic mass is 32.2. The van der Waals surface area contributed by atoms with Crippen LogP contribution in [0.3, 0.4) is 0 Å².